The van der Waals surface area contributed by atoms with Crippen molar-refractivity contribution < 1.29 is 14.7 Å². The summed E-state index contributed by atoms with van der Waals surface area (Å²) in [7, 11) is 0. The monoisotopic (exact) mass is 423 g/mol. The lowest BCUT2D eigenvalue weighted by atomic mass is 9.99. The number of hydrazone groups is 1. The summed E-state index contributed by atoms with van der Waals surface area (Å²) in [5, 5.41) is 18.2. The van der Waals surface area contributed by atoms with Crippen LogP contribution in [0, 0.1) is 0 Å². The maximum Gasteiger partial charge on any atom is 0.271 e. The summed E-state index contributed by atoms with van der Waals surface area (Å²) in [6, 6.07) is 15.3. The molecule has 0 atom stereocenters. The van der Waals surface area contributed by atoms with Gasteiger partial charge in [0.05, 0.1) is 11.2 Å². The van der Waals surface area contributed by atoms with Crippen LogP contribution < -0.4 is 10.7 Å². The Morgan fingerprint density at radius 1 is 1.07 bits per heavy atom. The van der Waals surface area contributed by atoms with E-state index in [1.54, 1.807) is 12.1 Å². The van der Waals surface area contributed by atoms with Gasteiger partial charge in [0.15, 0.2) is 0 Å². The summed E-state index contributed by atoms with van der Waals surface area (Å²) in [4.78, 5) is 24.7. The summed E-state index contributed by atoms with van der Waals surface area (Å²) in [6.45, 7) is 2.71. The van der Waals surface area contributed by atoms with E-state index in [0.29, 0.717) is 12.1 Å². The van der Waals surface area contributed by atoms with Crippen molar-refractivity contribution in [1.29, 1.82) is 0 Å². The highest BCUT2D eigenvalue weighted by molar-refractivity contribution is 6.32. The number of halogens is 1. The van der Waals surface area contributed by atoms with Crippen LogP contribution in [0.4, 0.5) is 0 Å². The molecule has 0 aliphatic heterocycles. The van der Waals surface area contributed by atoms with Crippen molar-refractivity contribution in [3.05, 3.63) is 76.3 Å². The first kappa shape index (κ1) is 21.3. The van der Waals surface area contributed by atoms with Crippen LogP contribution in [0.2, 0.25) is 5.02 Å². The lowest BCUT2D eigenvalue weighted by Gasteiger charge is -2.10. The fourth-order valence-electron chi connectivity index (χ4n) is 2.98. The minimum atomic E-state index is -0.454. The largest absolute Gasteiger partial charge is 0.506 e. The first-order valence-corrected chi connectivity index (χ1v) is 10.0. The number of hydrogen-bond donors (Lipinski definition) is 3. The van der Waals surface area contributed by atoms with Crippen LogP contribution in [-0.4, -0.2) is 29.7 Å². The van der Waals surface area contributed by atoms with Gasteiger partial charge in [0.25, 0.3) is 11.8 Å². The maximum atomic E-state index is 12.5. The quantitative estimate of drug-likeness (QED) is 0.297. The number of hydrogen-bond acceptors (Lipinski definition) is 4. The molecule has 30 heavy (non-hydrogen) atoms. The molecule has 0 aromatic heterocycles. The van der Waals surface area contributed by atoms with Crippen LogP contribution in [0.3, 0.4) is 0 Å². The zero-order valence-electron chi connectivity index (χ0n) is 16.5. The van der Waals surface area contributed by atoms with E-state index < -0.39 is 5.91 Å². The summed E-state index contributed by atoms with van der Waals surface area (Å²) < 4.78 is 0. The number of fused-ring (bicyclic) bond motifs is 1. The molecule has 6 nitrogen and oxygen atoms in total. The second kappa shape index (κ2) is 9.89. The lowest BCUT2D eigenvalue weighted by Crippen LogP contribution is -2.24. The highest BCUT2D eigenvalue weighted by Gasteiger charge is 2.12. The Labute approximate surface area is 179 Å². The predicted octanol–water partition coefficient (Wildman–Crippen LogP) is 4.49. The number of benzene rings is 3. The molecule has 3 aromatic rings. The Morgan fingerprint density at radius 3 is 2.57 bits per heavy atom. The molecule has 0 bridgehead atoms. The molecule has 0 radical (unpaired) electrons. The normalized spacial score (nSPS) is 11.0. The van der Waals surface area contributed by atoms with Crippen LogP contribution in [0.25, 0.3) is 10.8 Å². The molecular weight excluding hydrogens is 402 g/mol. The number of rotatable bonds is 7. The number of unbranched alkanes of at least 4 members (excludes halogenated alkanes) is 1. The molecule has 3 rings (SSSR count). The topological polar surface area (TPSA) is 90.8 Å². The van der Waals surface area contributed by atoms with Crippen LogP contribution in [0.15, 0.2) is 59.7 Å². The van der Waals surface area contributed by atoms with Gasteiger partial charge in [-0.2, -0.15) is 5.10 Å². The molecule has 2 amide bonds. The number of phenolic OH excluding ortho intramolecular Hbond substituents is 1. The van der Waals surface area contributed by atoms with Crippen molar-refractivity contribution in [2.24, 2.45) is 5.10 Å². The van der Waals surface area contributed by atoms with E-state index >= 15 is 0 Å². The smallest absolute Gasteiger partial charge is 0.271 e. The van der Waals surface area contributed by atoms with Crippen molar-refractivity contribution in [3.8, 4) is 5.75 Å². The molecular formula is C23H22ClN3O3. The molecule has 0 unspecified atom stereocenters. The molecule has 0 saturated carbocycles. The van der Waals surface area contributed by atoms with Crippen molar-refractivity contribution >= 4 is 40.4 Å². The molecule has 0 saturated heterocycles. The molecule has 154 valence electrons. The third-order valence-corrected chi connectivity index (χ3v) is 4.90. The van der Waals surface area contributed by atoms with Gasteiger partial charge in [-0.15, -0.1) is 0 Å². The molecule has 0 fully saturated rings. The van der Waals surface area contributed by atoms with Gasteiger partial charge >= 0.3 is 0 Å². The number of amides is 2. The number of carbonyl (C=O) groups is 2. The van der Waals surface area contributed by atoms with Crippen LogP contribution in [0.1, 0.15) is 46.0 Å². The van der Waals surface area contributed by atoms with E-state index in [0.717, 1.165) is 29.2 Å². The second-order valence-electron chi connectivity index (χ2n) is 6.72. The Balaban J connectivity index is 1.79. The van der Waals surface area contributed by atoms with E-state index in [2.05, 4.69) is 22.8 Å². The second-order valence-corrected chi connectivity index (χ2v) is 7.13. The Kier molecular flexibility index (Phi) is 7.03. The molecule has 0 heterocycles. The highest BCUT2D eigenvalue weighted by Crippen LogP contribution is 2.24. The average molecular weight is 424 g/mol. The van der Waals surface area contributed by atoms with Gasteiger partial charge in [0.1, 0.15) is 5.75 Å². The number of phenols is 1. The van der Waals surface area contributed by atoms with Crippen molar-refractivity contribution in [1.82, 2.24) is 10.7 Å². The summed E-state index contributed by atoms with van der Waals surface area (Å²) >= 11 is 5.83. The molecule has 0 spiro atoms. The van der Waals surface area contributed by atoms with Gasteiger partial charge in [-0.25, -0.2) is 5.43 Å². The molecule has 7 heteroatoms. The van der Waals surface area contributed by atoms with Crippen LogP contribution in [0.5, 0.6) is 5.75 Å². The number of nitrogens with one attached hydrogen (secondary N) is 2. The third kappa shape index (κ3) is 4.96. The van der Waals surface area contributed by atoms with E-state index in [-0.39, 0.29) is 22.2 Å². The van der Waals surface area contributed by atoms with Gasteiger partial charge in [0, 0.05) is 23.2 Å². The minimum absolute atomic E-state index is 0.0884. The van der Waals surface area contributed by atoms with E-state index in [1.807, 2.05) is 24.3 Å². The van der Waals surface area contributed by atoms with Gasteiger partial charge < -0.3 is 10.4 Å². The van der Waals surface area contributed by atoms with E-state index in [9.17, 15) is 14.7 Å². The third-order valence-electron chi connectivity index (χ3n) is 4.60. The van der Waals surface area contributed by atoms with Gasteiger partial charge in [0.2, 0.25) is 0 Å². The number of nitrogens with zero attached hydrogens (tertiary/aromatic N) is 1. The molecule has 0 aliphatic carbocycles. The zero-order chi connectivity index (χ0) is 21.5. The molecule has 3 N–H and O–H groups in total. The molecule has 0 aliphatic rings. The van der Waals surface area contributed by atoms with Crippen LogP contribution >= 0.6 is 11.6 Å². The van der Waals surface area contributed by atoms with E-state index in [4.69, 9.17) is 11.6 Å². The Hall–Kier alpha value is -3.38. The van der Waals surface area contributed by atoms with Gasteiger partial charge in [-0.3, -0.25) is 9.59 Å². The fraction of sp³-hybridized carbons (Fsp3) is 0.174. The zero-order valence-corrected chi connectivity index (χ0v) is 17.2. The number of carbonyl (C=O) groups excluding carboxylic acids is 2. The minimum Gasteiger partial charge on any atom is -0.506 e. The SMILES string of the molecule is CCCCNC(=O)c1ccc(/C=N/NC(=O)c2ccc(O)c(Cl)c2)c2ccccc12. The first-order chi connectivity index (χ1) is 14.5. The first-order valence-electron chi connectivity index (χ1n) is 9.63. The standard InChI is InChI=1S/C23H22ClN3O3/c1-2-3-12-25-23(30)19-10-8-16(17-6-4-5-7-18(17)19)14-26-27-22(29)15-9-11-21(28)20(24)13-15/h4-11,13-14,28H,2-3,12H2,1H3,(H,25,30)(H,27,29)/b26-14+. The van der Waals surface area contributed by atoms with Crippen molar-refractivity contribution in [2.45, 2.75) is 19.8 Å². The number of aromatic hydroxyl groups is 1. The van der Waals surface area contributed by atoms with Crippen LogP contribution in [-0.2, 0) is 0 Å². The Morgan fingerprint density at radius 2 is 1.83 bits per heavy atom. The summed E-state index contributed by atoms with van der Waals surface area (Å²) in [6.07, 6.45) is 3.47. The fourth-order valence-corrected chi connectivity index (χ4v) is 3.16. The van der Waals surface area contributed by atoms with Gasteiger partial charge in [-0.1, -0.05) is 55.3 Å². The summed E-state index contributed by atoms with van der Waals surface area (Å²) in [5.74, 6) is -0.660. The predicted molar refractivity (Wildman–Crippen MR) is 119 cm³/mol. The average Bonchev–Trinajstić information content (AvgIpc) is 2.75. The maximum absolute atomic E-state index is 12.5. The Bertz CT molecular complexity index is 1110. The molecule has 3 aromatic carbocycles. The van der Waals surface area contributed by atoms with Gasteiger partial charge in [-0.05, 0) is 41.5 Å². The van der Waals surface area contributed by atoms with E-state index in [1.165, 1.54) is 24.4 Å². The summed E-state index contributed by atoms with van der Waals surface area (Å²) in [5.41, 5.74) is 4.08. The van der Waals surface area contributed by atoms with Crippen molar-refractivity contribution in [2.75, 3.05) is 6.54 Å². The highest BCUT2D eigenvalue weighted by atomic mass is 35.5. The lowest BCUT2D eigenvalue weighted by molar-refractivity contribution is 0.0947. The van der Waals surface area contributed by atoms with Crippen molar-refractivity contribution in [3.63, 3.8) is 0 Å².